The van der Waals surface area contributed by atoms with E-state index >= 15 is 0 Å². The molecule has 0 bridgehead atoms. The topological polar surface area (TPSA) is 133 Å². The van der Waals surface area contributed by atoms with Crippen LogP contribution in [0, 0.1) is 21.4 Å². The average Bonchev–Trinajstić information content (AvgIpc) is 3.24. The van der Waals surface area contributed by atoms with Crippen LogP contribution in [-0.2, 0) is 4.74 Å². The molecule has 29 heavy (non-hydrogen) atoms. The molecule has 0 radical (unpaired) electrons. The summed E-state index contributed by atoms with van der Waals surface area (Å²) in [7, 11) is 0. The van der Waals surface area contributed by atoms with Gasteiger partial charge < -0.3 is 20.6 Å². The van der Waals surface area contributed by atoms with Crippen molar-refractivity contribution in [3.05, 3.63) is 99.7 Å². The Hall–Kier alpha value is -4.45. The van der Waals surface area contributed by atoms with Crippen molar-refractivity contribution in [2.75, 3.05) is 0 Å². The van der Waals surface area contributed by atoms with E-state index < -0.39 is 16.8 Å². The highest BCUT2D eigenvalue weighted by Crippen LogP contribution is 2.44. The van der Waals surface area contributed by atoms with Crippen LogP contribution in [0.2, 0.25) is 0 Å². The Bertz CT molecular complexity index is 1180. The molecule has 3 aromatic rings. The van der Waals surface area contributed by atoms with Gasteiger partial charge in [-0.2, -0.15) is 5.26 Å². The highest BCUT2D eigenvalue weighted by atomic mass is 16.6. The van der Waals surface area contributed by atoms with Crippen molar-refractivity contribution in [1.29, 1.82) is 5.26 Å². The quantitative estimate of drug-likeness (QED) is 0.538. The van der Waals surface area contributed by atoms with E-state index in [0.29, 0.717) is 17.0 Å². The number of hydrogen-bond acceptors (Lipinski definition) is 7. The van der Waals surface area contributed by atoms with Crippen LogP contribution in [0.3, 0.4) is 0 Å². The maximum atomic E-state index is 11.1. The molecule has 9 heteroatoms. The summed E-state index contributed by atoms with van der Waals surface area (Å²) in [6.45, 7) is 0. The molecule has 4 rings (SSSR count). The van der Waals surface area contributed by atoms with Crippen molar-refractivity contribution in [3.63, 3.8) is 0 Å². The van der Waals surface area contributed by atoms with Crippen LogP contribution in [0.4, 0.5) is 5.95 Å². The van der Waals surface area contributed by atoms with Crippen molar-refractivity contribution in [1.82, 2.24) is 14.8 Å². The lowest BCUT2D eigenvalue weighted by molar-refractivity contribution is -0.394. The van der Waals surface area contributed by atoms with Crippen LogP contribution in [-0.4, -0.2) is 19.7 Å². The summed E-state index contributed by atoms with van der Waals surface area (Å²) in [5.41, 5.74) is 8.12. The SMILES string of the molecule is N#CC1=C(N)OC(c2ccccc2)=C(n2cnc([N+](=O)[O-])n2)C1c1ccccc1. The number of nitro groups is 1. The van der Waals surface area contributed by atoms with E-state index in [1.54, 1.807) is 0 Å². The van der Waals surface area contributed by atoms with Crippen molar-refractivity contribution >= 4 is 17.4 Å². The third-order valence-electron chi connectivity index (χ3n) is 4.45. The number of benzene rings is 2. The van der Waals surface area contributed by atoms with Gasteiger partial charge in [0, 0.05) is 10.7 Å². The molecule has 1 unspecified atom stereocenters. The first-order valence-corrected chi connectivity index (χ1v) is 8.58. The Kier molecular flexibility index (Phi) is 4.50. The smallest absolute Gasteiger partial charge is 0.438 e. The Balaban J connectivity index is 2.02. The maximum absolute atomic E-state index is 11.1. The highest BCUT2D eigenvalue weighted by Gasteiger charge is 2.37. The third kappa shape index (κ3) is 3.19. The lowest BCUT2D eigenvalue weighted by Gasteiger charge is -2.28. The molecule has 1 aliphatic heterocycles. The van der Waals surface area contributed by atoms with Gasteiger partial charge in [0.2, 0.25) is 12.2 Å². The largest absolute Gasteiger partial charge is 0.491 e. The molecule has 9 nitrogen and oxygen atoms in total. The van der Waals surface area contributed by atoms with Crippen LogP contribution < -0.4 is 5.73 Å². The fraction of sp³-hybridized carbons (Fsp3) is 0.0500. The fourth-order valence-corrected chi connectivity index (χ4v) is 3.20. The van der Waals surface area contributed by atoms with Crippen LogP contribution in [0.5, 0.6) is 0 Å². The zero-order valence-corrected chi connectivity index (χ0v) is 15.0. The first-order valence-electron chi connectivity index (χ1n) is 8.58. The normalized spacial score (nSPS) is 16.3. The number of nitrogens with zero attached hydrogens (tertiary/aromatic N) is 5. The number of rotatable bonds is 4. The molecule has 2 heterocycles. The van der Waals surface area contributed by atoms with Gasteiger partial charge in [-0.25, -0.2) is 0 Å². The van der Waals surface area contributed by atoms with E-state index in [1.165, 1.54) is 11.0 Å². The van der Waals surface area contributed by atoms with E-state index in [1.807, 2.05) is 60.7 Å². The number of nitrogens with two attached hydrogens (primary N) is 1. The molecule has 0 saturated carbocycles. The molecular formula is C20H14N6O3. The molecule has 1 aromatic heterocycles. The molecule has 0 amide bonds. The molecule has 0 aliphatic carbocycles. The van der Waals surface area contributed by atoms with E-state index in [-0.39, 0.29) is 11.5 Å². The second-order valence-corrected chi connectivity index (χ2v) is 6.16. The Morgan fingerprint density at radius 1 is 1.14 bits per heavy atom. The minimum absolute atomic E-state index is 0.0291. The summed E-state index contributed by atoms with van der Waals surface area (Å²) in [5.74, 6) is -0.890. The molecule has 1 aliphatic rings. The third-order valence-corrected chi connectivity index (χ3v) is 4.45. The predicted octanol–water partition coefficient (Wildman–Crippen LogP) is 3.02. The van der Waals surface area contributed by atoms with Gasteiger partial charge in [-0.15, -0.1) is 4.68 Å². The standard InChI is InChI=1S/C20H14N6O3/c21-11-15-16(13-7-3-1-4-8-13)17(25-12-23-20(24-25)26(27)28)18(29-19(15)22)14-9-5-2-6-10-14/h1-10,12,16H,22H2. The van der Waals surface area contributed by atoms with Gasteiger partial charge >= 0.3 is 5.95 Å². The van der Waals surface area contributed by atoms with E-state index in [4.69, 9.17) is 10.5 Å². The summed E-state index contributed by atoms with van der Waals surface area (Å²) in [4.78, 5) is 14.2. The van der Waals surface area contributed by atoms with Gasteiger partial charge in [0.25, 0.3) is 0 Å². The molecule has 2 N–H and O–H groups in total. The highest BCUT2D eigenvalue weighted by molar-refractivity contribution is 5.86. The number of ether oxygens (including phenoxy) is 1. The predicted molar refractivity (Wildman–Crippen MR) is 103 cm³/mol. The van der Waals surface area contributed by atoms with Gasteiger partial charge in [-0.1, -0.05) is 65.6 Å². The van der Waals surface area contributed by atoms with E-state index in [2.05, 4.69) is 16.2 Å². The second-order valence-electron chi connectivity index (χ2n) is 6.16. The maximum Gasteiger partial charge on any atom is 0.491 e. The minimum atomic E-state index is -0.685. The van der Waals surface area contributed by atoms with Gasteiger partial charge in [0.05, 0.1) is 5.92 Å². The van der Waals surface area contributed by atoms with Gasteiger partial charge in [0.15, 0.2) is 5.76 Å². The summed E-state index contributed by atoms with van der Waals surface area (Å²) >= 11 is 0. The van der Waals surface area contributed by atoms with Crippen LogP contribution in [0.1, 0.15) is 17.0 Å². The summed E-state index contributed by atoms with van der Waals surface area (Å²) in [6.07, 6.45) is 1.23. The Morgan fingerprint density at radius 2 is 1.79 bits per heavy atom. The van der Waals surface area contributed by atoms with Crippen LogP contribution >= 0.6 is 0 Å². The van der Waals surface area contributed by atoms with Crippen molar-refractivity contribution in [2.24, 2.45) is 5.73 Å². The number of nitriles is 1. The molecule has 0 fully saturated rings. The van der Waals surface area contributed by atoms with Crippen molar-refractivity contribution in [3.8, 4) is 6.07 Å². The van der Waals surface area contributed by atoms with Gasteiger partial charge in [0.1, 0.15) is 17.3 Å². The lowest BCUT2D eigenvalue weighted by Crippen LogP contribution is -2.23. The number of allylic oxidation sites excluding steroid dienone is 2. The molecule has 0 spiro atoms. The summed E-state index contributed by atoms with van der Waals surface area (Å²) < 4.78 is 7.09. The van der Waals surface area contributed by atoms with Crippen molar-refractivity contribution in [2.45, 2.75) is 5.92 Å². The Morgan fingerprint density at radius 3 is 2.38 bits per heavy atom. The van der Waals surface area contributed by atoms with Crippen LogP contribution in [0.25, 0.3) is 11.5 Å². The molecule has 1 atom stereocenters. The van der Waals surface area contributed by atoms with Crippen molar-refractivity contribution < 1.29 is 9.66 Å². The fourth-order valence-electron chi connectivity index (χ4n) is 3.20. The van der Waals surface area contributed by atoms with E-state index in [0.717, 1.165) is 5.56 Å². The monoisotopic (exact) mass is 386 g/mol. The Labute approximate surface area is 165 Å². The number of hydrogen-bond donors (Lipinski definition) is 1. The first kappa shape index (κ1) is 17.9. The molecule has 0 saturated heterocycles. The molecule has 2 aromatic carbocycles. The van der Waals surface area contributed by atoms with Crippen LogP contribution in [0.15, 0.2) is 78.4 Å². The zero-order valence-electron chi connectivity index (χ0n) is 15.0. The lowest BCUT2D eigenvalue weighted by atomic mass is 9.86. The second kappa shape index (κ2) is 7.28. The minimum Gasteiger partial charge on any atom is -0.438 e. The summed E-state index contributed by atoms with van der Waals surface area (Å²) in [6, 6.07) is 20.4. The average molecular weight is 386 g/mol. The van der Waals surface area contributed by atoms with E-state index in [9.17, 15) is 15.4 Å². The van der Waals surface area contributed by atoms with Gasteiger partial charge in [-0.3, -0.25) is 0 Å². The molecule has 142 valence electrons. The van der Waals surface area contributed by atoms with Gasteiger partial charge in [-0.05, 0) is 10.5 Å². The summed E-state index contributed by atoms with van der Waals surface area (Å²) in [5, 5.41) is 24.8. The number of aromatic nitrogens is 3. The zero-order chi connectivity index (χ0) is 20.4. The first-order chi connectivity index (χ1) is 14.1. The molecular weight excluding hydrogens is 372 g/mol.